The molecule has 0 fully saturated rings. The Balaban J connectivity index is 1.87. The zero-order valence-corrected chi connectivity index (χ0v) is 18.4. The Labute approximate surface area is 191 Å². The minimum Gasteiger partial charge on any atom is -0.362 e. The molecule has 1 aliphatic rings. The first kappa shape index (κ1) is 21.2. The summed E-state index contributed by atoms with van der Waals surface area (Å²) in [6.07, 6.45) is 0. The Morgan fingerprint density at radius 2 is 1.48 bits per heavy atom. The lowest BCUT2D eigenvalue weighted by molar-refractivity contribution is -0.120. The molecule has 1 heterocycles. The SMILES string of the molecule is CCN(Cc1ccccc1)C1=C(c2ccc(Cl)cc2Cl)C(=O)N(c2ccccc2)C1=O. The standard InChI is InChI=1S/C25H20Cl2N2O2/c1-2-28(16-17-9-5-3-6-10-17)23-22(20-14-13-18(26)15-21(20)27)24(30)29(25(23)31)19-11-7-4-8-12-19/h3-15H,2,16H2,1H3. The molecule has 0 atom stereocenters. The number of likely N-dealkylation sites (N-methyl/N-ethyl adjacent to an activating group) is 1. The van der Waals surface area contributed by atoms with Gasteiger partial charge in [0.1, 0.15) is 5.70 Å². The lowest BCUT2D eigenvalue weighted by atomic mass is 10.0. The van der Waals surface area contributed by atoms with E-state index >= 15 is 0 Å². The van der Waals surface area contributed by atoms with Crippen LogP contribution in [0.1, 0.15) is 18.1 Å². The van der Waals surface area contributed by atoms with Gasteiger partial charge in [-0.15, -0.1) is 0 Å². The summed E-state index contributed by atoms with van der Waals surface area (Å²) in [5.41, 5.74) is 2.67. The van der Waals surface area contributed by atoms with E-state index in [9.17, 15) is 9.59 Å². The van der Waals surface area contributed by atoms with Crippen LogP contribution in [0, 0.1) is 0 Å². The zero-order chi connectivity index (χ0) is 22.0. The van der Waals surface area contributed by atoms with Gasteiger partial charge in [-0.05, 0) is 36.8 Å². The average molecular weight is 451 g/mol. The molecule has 3 aromatic rings. The number of halogens is 2. The van der Waals surface area contributed by atoms with Gasteiger partial charge in [-0.25, -0.2) is 4.90 Å². The largest absolute Gasteiger partial charge is 0.362 e. The van der Waals surface area contributed by atoms with Gasteiger partial charge in [-0.2, -0.15) is 0 Å². The van der Waals surface area contributed by atoms with Crippen molar-refractivity contribution in [2.45, 2.75) is 13.5 Å². The molecule has 0 saturated carbocycles. The number of benzene rings is 3. The number of anilines is 1. The fourth-order valence-electron chi connectivity index (χ4n) is 3.71. The lowest BCUT2D eigenvalue weighted by Crippen LogP contribution is -2.35. The van der Waals surface area contributed by atoms with Gasteiger partial charge in [-0.3, -0.25) is 9.59 Å². The molecule has 0 radical (unpaired) electrons. The minimum atomic E-state index is -0.401. The smallest absolute Gasteiger partial charge is 0.282 e. The quantitative estimate of drug-likeness (QED) is 0.445. The van der Waals surface area contributed by atoms with Crippen molar-refractivity contribution in [3.05, 3.63) is 106 Å². The van der Waals surface area contributed by atoms with Crippen LogP contribution in [0.25, 0.3) is 5.57 Å². The maximum Gasteiger partial charge on any atom is 0.282 e. The van der Waals surface area contributed by atoms with Gasteiger partial charge >= 0.3 is 0 Å². The Kier molecular flexibility index (Phi) is 6.12. The van der Waals surface area contributed by atoms with E-state index in [2.05, 4.69) is 0 Å². The highest BCUT2D eigenvalue weighted by Crippen LogP contribution is 2.38. The fourth-order valence-corrected chi connectivity index (χ4v) is 4.21. The normalized spacial score (nSPS) is 13.8. The summed E-state index contributed by atoms with van der Waals surface area (Å²) in [4.78, 5) is 30.3. The van der Waals surface area contributed by atoms with Crippen LogP contribution in [0.5, 0.6) is 0 Å². The monoisotopic (exact) mass is 450 g/mol. The summed E-state index contributed by atoms with van der Waals surface area (Å²) in [6, 6.07) is 23.7. The van der Waals surface area contributed by atoms with Gasteiger partial charge in [0, 0.05) is 23.7 Å². The molecule has 156 valence electrons. The number of carbonyl (C=O) groups is 2. The van der Waals surface area contributed by atoms with Gasteiger partial charge in [0.05, 0.1) is 16.3 Å². The second-order valence-electron chi connectivity index (χ2n) is 7.13. The van der Waals surface area contributed by atoms with Crippen molar-refractivity contribution in [1.82, 2.24) is 4.90 Å². The summed E-state index contributed by atoms with van der Waals surface area (Å²) in [6.45, 7) is 2.99. The van der Waals surface area contributed by atoms with Crippen molar-refractivity contribution in [3.8, 4) is 0 Å². The van der Waals surface area contributed by atoms with Crippen molar-refractivity contribution < 1.29 is 9.59 Å². The van der Waals surface area contributed by atoms with Crippen molar-refractivity contribution in [2.24, 2.45) is 0 Å². The number of hydrogen-bond donors (Lipinski definition) is 0. The zero-order valence-electron chi connectivity index (χ0n) is 16.9. The molecule has 0 spiro atoms. The van der Waals surface area contributed by atoms with Crippen LogP contribution < -0.4 is 4.90 Å². The number of rotatable bonds is 6. The number of para-hydroxylation sites is 1. The highest BCUT2D eigenvalue weighted by molar-refractivity contribution is 6.47. The maximum atomic E-state index is 13.6. The van der Waals surface area contributed by atoms with Gasteiger partial charge < -0.3 is 4.90 Å². The molecule has 0 unspecified atom stereocenters. The molecular formula is C25H20Cl2N2O2. The number of amides is 2. The first-order valence-electron chi connectivity index (χ1n) is 9.93. The fraction of sp³-hybridized carbons (Fsp3) is 0.120. The van der Waals surface area contributed by atoms with Gasteiger partial charge in [-0.1, -0.05) is 77.8 Å². The molecule has 0 aromatic heterocycles. The first-order chi connectivity index (χ1) is 15.0. The second-order valence-corrected chi connectivity index (χ2v) is 7.97. The van der Waals surface area contributed by atoms with Crippen molar-refractivity contribution in [3.63, 3.8) is 0 Å². The summed E-state index contributed by atoms with van der Waals surface area (Å²) in [5, 5.41) is 0.788. The second kappa shape index (κ2) is 8.96. The van der Waals surface area contributed by atoms with Crippen LogP contribution in [0.4, 0.5) is 5.69 Å². The Morgan fingerprint density at radius 1 is 0.839 bits per heavy atom. The van der Waals surface area contributed by atoms with Crippen LogP contribution >= 0.6 is 23.2 Å². The van der Waals surface area contributed by atoms with Gasteiger partial charge in [0.15, 0.2) is 0 Å². The van der Waals surface area contributed by atoms with E-state index in [1.54, 1.807) is 42.5 Å². The van der Waals surface area contributed by atoms with Crippen LogP contribution in [0.15, 0.2) is 84.6 Å². The van der Waals surface area contributed by atoms with Gasteiger partial charge in [0.2, 0.25) is 0 Å². The van der Waals surface area contributed by atoms with Crippen LogP contribution in [-0.4, -0.2) is 23.3 Å². The third-order valence-corrected chi connectivity index (χ3v) is 5.74. The average Bonchev–Trinajstić information content (AvgIpc) is 3.03. The number of hydrogen-bond acceptors (Lipinski definition) is 3. The Bertz CT molecular complexity index is 1160. The van der Waals surface area contributed by atoms with E-state index in [-0.39, 0.29) is 11.5 Å². The third-order valence-electron chi connectivity index (χ3n) is 5.19. The summed E-state index contributed by atoms with van der Waals surface area (Å²) in [5.74, 6) is -0.767. The van der Waals surface area contributed by atoms with Crippen molar-refractivity contribution in [2.75, 3.05) is 11.4 Å². The predicted molar refractivity (Wildman–Crippen MR) is 125 cm³/mol. The molecule has 4 nitrogen and oxygen atoms in total. The molecule has 0 saturated heterocycles. The number of carbonyl (C=O) groups excluding carboxylic acids is 2. The van der Waals surface area contributed by atoms with Crippen LogP contribution in [0.3, 0.4) is 0 Å². The first-order valence-corrected chi connectivity index (χ1v) is 10.7. The molecule has 3 aromatic carbocycles. The van der Waals surface area contributed by atoms with E-state index in [1.165, 1.54) is 4.90 Å². The van der Waals surface area contributed by atoms with E-state index in [4.69, 9.17) is 23.2 Å². The highest BCUT2D eigenvalue weighted by Gasteiger charge is 2.42. The topological polar surface area (TPSA) is 40.6 Å². The van der Waals surface area contributed by atoms with Crippen molar-refractivity contribution >= 4 is 46.3 Å². The summed E-state index contributed by atoms with van der Waals surface area (Å²) >= 11 is 12.5. The Morgan fingerprint density at radius 3 is 2.10 bits per heavy atom. The molecule has 31 heavy (non-hydrogen) atoms. The molecule has 6 heteroatoms. The van der Waals surface area contributed by atoms with E-state index in [0.29, 0.717) is 40.1 Å². The molecule has 0 bridgehead atoms. The molecule has 0 aliphatic carbocycles. The predicted octanol–water partition coefficient (Wildman–Crippen LogP) is 5.80. The van der Waals surface area contributed by atoms with E-state index in [0.717, 1.165) is 5.56 Å². The highest BCUT2D eigenvalue weighted by atomic mass is 35.5. The third kappa shape index (κ3) is 4.09. The molecule has 4 rings (SSSR count). The maximum absolute atomic E-state index is 13.6. The van der Waals surface area contributed by atoms with Gasteiger partial charge in [0.25, 0.3) is 11.8 Å². The number of imide groups is 1. The summed E-state index contributed by atoms with van der Waals surface area (Å²) in [7, 11) is 0. The molecule has 0 N–H and O–H groups in total. The van der Waals surface area contributed by atoms with E-state index < -0.39 is 5.91 Å². The van der Waals surface area contributed by atoms with Crippen LogP contribution in [0.2, 0.25) is 10.0 Å². The minimum absolute atomic E-state index is 0.285. The lowest BCUT2D eigenvalue weighted by Gasteiger charge is -2.25. The summed E-state index contributed by atoms with van der Waals surface area (Å²) < 4.78 is 0. The molecule has 1 aliphatic heterocycles. The molecule has 2 amide bonds. The Hall–Kier alpha value is -3.08. The van der Waals surface area contributed by atoms with Crippen molar-refractivity contribution in [1.29, 1.82) is 0 Å². The molecular weight excluding hydrogens is 431 g/mol. The number of nitrogens with zero attached hydrogens (tertiary/aromatic N) is 2. The van der Waals surface area contributed by atoms with Crippen LogP contribution in [-0.2, 0) is 16.1 Å². The van der Waals surface area contributed by atoms with E-state index in [1.807, 2.05) is 48.2 Å².